The normalized spacial score (nSPS) is 25.5. The van der Waals surface area contributed by atoms with E-state index in [2.05, 4.69) is 4.90 Å². The first-order valence-electron chi connectivity index (χ1n) is 6.17. The quantitative estimate of drug-likeness (QED) is 0.855. The number of hydrogen-bond acceptors (Lipinski definition) is 2. The number of halogens is 1. The van der Waals surface area contributed by atoms with E-state index < -0.39 is 5.67 Å². The topological polar surface area (TPSA) is 23.5 Å². The number of alkyl halides is 1. The molecule has 2 unspecified atom stereocenters. The summed E-state index contributed by atoms with van der Waals surface area (Å²) < 4.78 is 14.9. The van der Waals surface area contributed by atoms with Gasteiger partial charge in [-0.15, -0.1) is 0 Å². The zero-order chi connectivity index (χ0) is 12.5. The van der Waals surface area contributed by atoms with Crippen LogP contribution in [0.15, 0.2) is 24.3 Å². The zero-order valence-corrected chi connectivity index (χ0v) is 10.5. The Morgan fingerprint density at radius 2 is 2.24 bits per heavy atom. The van der Waals surface area contributed by atoms with Crippen LogP contribution in [0, 0.1) is 5.92 Å². The Labute approximate surface area is 102 Å². The average molecular weight is 237 g/mol. The van der Waals surface area contributed by atoms with Crippen molar-refractivity contribution in [2.45, 2.75) is 25.4 Å². The van der Waals surface area contributed by atoms with Gasteiger partial charge < -0.3 is 10.0 Å². The number of benzene rings is 1. The highest BCUT2D eigenvalue weighted by atomic mass is 19.1. The largest absolute Gasteiger partial charge is 0.508 e. The second kappa shape index (κ2) is 4.65. The van der Waals surface area contributed by atoms with Crippen LogP contribution >= 0.6 is 0 Å². The summed E-state index contributed by atoms with van der Waals surface area (Å²) in [7, 11) is 2.03. The fourth-order valence-electron chi connectivity index (χ4n) is 2.65. The predicted octanol–water partition coefficient (Wildman–Crippen LogP) is 2.92. The van der Waals surface area contributed by atoms with Crippen molar-refractivity contribution in [3.05, 3.63) is 29.8 Å². The Morgan fingerprint density at radius 1 is 1.47 bits per heavy atom. The number of nitrogens with zero attached hydrogens (tertiary/aromatic N) is 1. The van der Waals surface area contributed by atoms with E-state index in [4.69, 9.17) is 0 Å². The summed E-state index contributed by atoms with van der Waals surface area (Å²) in [6.45, 7) is 3.46. The molecule has 94 valence electrons. The molecule has 1 aromatic carbocycles. The molecule has 1 fully saturated rings. The van der Waals surface area contributed by atoms with E-state index in [-0.39, 0.29) is 11.7 Å². The molecule has 0 bridgehead atoms. The summed E-state index contributed by atoms with van der Waals surface area (Å²) in [6, 6.07) is 6.57. The molecule has 0 aromatic heterocycles. The van der Waals surface area contributed by atoms with Crippen molar-refractivity contribution in [3.63, 3.8) is 0 Å². The van der Waals surface area contributed by atoms with Crippen LogP contribution in [0.5, 0.6) is 5.75 Å². The maximum atomic E-state index is 14.9. The van der Waals surface area contributed by atoms with Crippen LogP contribution in [0.4, 0.5) is 4.39 Å². The number of likely N-dealkylation sites (tertiary alicyclic amines) is 1. The van der Waals surface area contributed by atoms with Crippen molar-refractivity contribution in [1.29, 1.82) is 0 Å². The SMILES string of the molecule is CN1CCCC(C(C)(F)c2cccc(O)c2)C1. The minimum absolute atomic E-state index is 0.00282. The molecule has 1 aliphatic heterocycles. The number of phenolic OH excluding ortho intramolecular Hbond substituents is 1. The van der Waals surface area contributed by atoms with E-state index in [0.717, 1.165) is 25.9 Å². The van der Waals surface area contributed by atoms with Crippen LogP contribution in [0.2, 0.25) is 0 Å². The maximum absolute atomic E-state index is 14.9. The fraction of sp³-hybridized carbons (Fsp3) is 0.571. The van der Waals surface area contributed by atoms with Gasteiger partial charge in [0.2, 0.25) is 0 Å². The molecule has 2 rings (SSSR count). The molecule has 0 amide bonds. The van der Waals surface area contributed by atoms with Gasteiger partial charge in [-0.05, 0) is 51.1 Å². The average Bonchev–Trinajstić information content (AvgIpc) is 2.29. The van der Waals surface area contributed by atoms with Gasteiger partial charge in [0.25, 0.3) is 0 Å². The monoisotopic (exact) mass is 237 g/mol. The number of piperidine rings is 1. The molecule has 17 heavy (non-hydrogen) atoms. The molecule has 1 N–H and O–H groups in total. The highest BCUT2D eigenvalue weighted by molar-refractivity contribution is 5.31. The Bertz CT molecular complexity index is 392. The van der Waals surface area contributed by atoms with Gasteiger partial charge in [-0.3, -0.25) is 0 Å². The second-order valence-electron chi connectivity index (χ2n) is 5.23. The minimum atomic E-state index is -1.37. The number of hydrogen-bond donors (Lipinski definition) is 1. The summed E-state index contributed by atoms with van der Waals surface area (Å²) in [5, 5.41) is 9.45. The van der Waals surface area contributed by atoms with Crippen LogP contribution in [-0.2, 0) is 5.67 Å². The van der Waals surface area contributed by atoms with E-state index >= 15 is 0 Å². The van der Waals surface area contributed by atoms with Crippen molar-refractivity contribution >= 4 is 0 Å². The van der Waals surface area contributed by atoms with Crippen molar-refractivity contribution in [2.75, 3.05) is 20.1 Å². The second-order valence-corrected chi connectivity index (χ2v) is 5.23. The molecule has 0 aliphatic carbocycles. The standard InChI is InChI=1S/C14H20FNO/c1-14(15,11-5-3-7-13(17)9-11)12-6-4-8-16(2)10-12/h3,5,7,9,12,17H,4,6,8,10H2,1-2H3. The van der Waals surface area contributed by atoms with E-state index in [1.807, 2.05) is 7.05 Å². The summed E-state index contributed by atoms with van der Waals surface area (Å²) in [6.07, 6.45) is 1.95. The van der Waals surface area contributed by atoms with Crippen LogP contribution in [0.1, 0.15) is 25.3 Å². The van der Waals surface area contributed by atoms with Crippen LogP contribution in [0.3, 0.4) is 0 Å². The van der Waals surface area contributed by atoms with Gasteiger partial charge in [-0.1, -0.05) is 12.1 Å². The third kappa shape index (κ3) is 2.60. The molecular weight excluding hydrogens is 217 g/mol. The Hall–Kier alpha value is -1.09. The van der Waals surface area contributed by atoms with Crippen molar-refractivity contribution in [1.82, 2.24) is 4.90 Å². The lowest BCUT2D eigenvalue weighted by molar-refractivity contribution is 0.0451. The molecule has 1 aliphatic rings. The first-order chi connectivity index (χ1) is 8.00. The van der Waals surface area contributed by atoms with E-state index in [1.165, 1.54) is 6.07 Å². The Morgan fingerprint density at radius 3 is 2.88 bits per heavy atom. The first kappa shape index (κ1) is 12.4. The van der Waals surface area contributed by atoms with Gasteiger partial charge in [-0.2, -0.15) is 0 Å². The van der Waals surface area contributed by atoms with Gasteiger partial charge in [0, 0.05) is 12.5 Å². The minimum Gasteiger partial charge on any atom is -0.508 e. The highest BCUT2D eigenvalue weighted by Crippen LogP contribution is 2.39. The fourth-order valence-corrected chi connectivity index (χ4v) is 2.65. The first-order valence-corrected chi connectivity index (χ1v) is 6.17. The van der Waals surface area contributed by atoms with Gasteiger partial charge in [0.1, 0.15) is 11.4 Å². The van der Waals surface area contributed by atoms with Gasteiger partial charge in [0.15, 0.2) is 0 Å². The van der Waals surface area contributed by atoms with Gasteiger partial charge in [-0.25, -0.2) is 4.39 Å². The molecule has 1 saturated heterocycles. The third-order valence-electron chi connectivity index (χ3n) is 3.80. The number of phenols is 1. The van der Waals surface area contributed by atoms with Crippen molar-refractivity contribution in [2.24, 2.45) is 5.92 Å². The lowest BCUT2D eigenvalue weighted by Crippen LogP contribution is -2.40. The molecule has 2 atom stereocenters. The summed E-state index contributed by atoms with van der Waals surface area (Å²) in [5.74, 6) is 0.138. The van der Waals surface area contributed by atoms with E-state index in [9.17, 15) is 9.50 Å². The summed E-state index contributed by atoms with van der Waals surface area (Å²) >= 11 is 0. The summed E-state index contributed by atoms with van der Waals surface area (Å²) in [4.78, 5) is 2.18. The lowest BCUT2D eigenvalue weighted by atomic mass is 9.80. The molecule has 3 heteroatoms. The summed E-state index contributed by atoms with van der Waals surface area (Å²) in [5.41, 5.74) is -0.786. The van der Waals surface area contributed by atoms with Crippen LogP contribution in [0.25, 0.3) is 0 Å². The van der Waals surface area contributed by atoms with Crippen LogP contribution in [-0.4, -0.2) is 30.1 Å². The smallest absolute Gasteiger partial charge is 0.137 e. The lowest BCUT2D eigenvalue weighted by Gasteiger charge is -2.37. The Kier molecular flexibility index (Phi) is 3.38. The van der Waals surface area contributed by atoms with Gasteiger partial charge in [0.05, 0.1) is 0 Å². The molecular formula is C14H20FNO. The molecule has 1 aromatic rings. The highest BCUT2D eigenvalue weighted by Gasteiger charge is 2.38. The van der Waals surface area contributed by atoms with Crippen molar-refractivity contribution < 1.29 is 9.50 Å². The molecule has 2 nitrogen and oxygen atoms in total. The number of rotatable bonds is 2. The maximum Gasteiger partial charge on any atom is 0.137 e. The molecule has 0 radical (unpaired) electrons. The Balaban J connectivity index is 2.22. The van der Waals surface area contributed by atoms with Crippen molar-refractivity contribution in [3.8, 4) is 5.75 Å². The van der Waals surface area contributed by atoms with E-state index in [1.54, 1.807) is 25.1 Å². The predicted molar refractivity (Wildman–Crippen MR) is 66.8 cm³/mol. The number of aromatic hydroxyl groups is 1. The van der Waals surface area contributed by atoms with E-state index in [0.29, 0.717) is 5.56 Å². The van der Waals surface area contributed by atoms with Gasteiger partial charge >= 0.3 is 0 Å². The van der Waals surface area contributed by atoms with Crippen LogP contribution < -0.4 is 0 Å². The third-order valence-corrected chi connectivity index (χ3v) is 3.80. The molecule has 0 spiro atoms. The molecule has 1 heterocycles. The molecule has 0 saturated carbocycles. The zero-order valence-electron chi connectivity index (χ0n) is 10.5.